The topological polar surface area (TPSA) is 26.7 Å². The molecular weight excluding hydrogens is 164 g/mol. The Balaban J connectivity index is 2.34. The van der Waals surface area contributed by atoms with E-state index in [0.29, 0.717) is 0 Å². The molecular formula is C10H22N2O. The minimum atomic E-state index is -0.553. The predicted molar refractivity (Wildman–Crippen MR) is 54.9 cm³/mol. The lowest BCUT2D eigenvalue weighted by Crippen LogP contribution is -2.40. The van der Waals surface area contributed by atoms with Gasteiger partial charge in [-0.2, -0.15) is 0 Å². The van der Waals surface area contributed by atoms with Crippen molar-refractivity contribution in [3.05, 3.63) is 0 Å². The van der Waals surface area contributed by atoms with Gasteiger partial charge in [0.2, 0.25) is 0 Å². The first-order chi connectivity index (χ1) is 5.97. The number of aliphatic hydroxyl groups is 1. The van der Waals surface area contributed by atoms with Crippen LogP contribution in [0.3, 0.4) is 0 Å². The Morgan fingerprint density at radius 2 is 1.85 bits per heavy atom. The Morgan fingerprint density at radius 1 is 1.15 bits per heavy atom. The summed E-state index contributed by atoms with van der Waals surface area (Å²) in [6, 6.07) is 0. The van der Waals surface area contributed by atoms with Gasteiger partial charge in [-0.25, -0.2) is 0 Å². The summed E-state index contributed by atoms with van der Waals surface area (Å²) in [6.07, 6.45) is 1.21. The lowest BCUT2D eigenvalue weighted by Gasteiger charge is -2.27. The molecule has 0 amide bonds. The average Bonchev–Trinajstić information content (AvgIpc) is 2.12. The number of hydrogen-bond donors (Lipinski definition) is 1. The third-order valence-electron chi connectivity index (χ3n) is 2.42. The molecule has 1 fully saturated rings. The molecule has 1 aliphatic heterocycles. The van der Waals surface area contributed by atoms with Gasteiger partial charge in [0.15, 0.2) is 0 Å². The van der Waals surface area contributed by atoms with E-state index in [1.54, 1.807) is 0 Å². The number of likely N-dealkylation sites (N-methyl/N-ethyl adjacent to an activating group) is 1. The maximum Gasteiger partial charge on any atom is 0.0718 e. The molecule has 0 atom stereocenters. The first-order valence-electron chi connectivity index (χ1n) is 5.11. The summed E-state index contributed by atoms with van der Waals surface area (Å²) < 4.78 is 0. The number of nitrogens with zero attached hydrogens (tertiary/aromatic N) is 2. The maximum absolute atomic E-state index is 9.67. The molecule has 0 saturated carbocycles. The van der Waals surface area contributed by atoms with Gasteiger partial charge in [0.1, 0.15) is 0 Å². The van der Waals surface area contributed by atoms with E-state index in [0.717, 1.165) is 26.2 Å². The monoisotopic (exact) mass is 186 g/mol. The minimum absolute atomic E-state index is 0.553. The highest BCUT2D eigenvalue weighted by atomic mass is 16.3. The fourth-order valence-corrected chi connectivity index (χ4v) is 1.81. The molecule has 1 aliphatic rings. The van der Waals surface area contributed by atoms with E-state index in [2.05, 4.69) is 16.8 Å². The lowest BCUT2D eigenvalue weighted by atomic mass is 10.1. The zero-order valence-corrected chi connectivity index (χ0v) is 9.08. The summed E-state index contributed by atoms with van der Waals surface area (Å²) in [4.78, 5) is 4.70. The van der Waals surface area contributed by atoms with Crippen molar-refractivity contribution in [1.29, 1.82) is 0 Å². The highest BCUT2D eigenvalue weighted by molar-refractivity contribution is 4.75. The molecule has 1 N–H and O–H groups in total. The van der Waals surface area contributed by atoms with E-state index in [4.69, 9.17) is 0 Å². The summed E-state index contributed by atoms with van der Waals surface area (Å²) >= 11 is 0. The normalized spacial score (nSPS) is 23.1. The zero-order valence-electron chi connectivity index (χ0n) is 9.08. The van der Waals surface area contributed by atoms with E-state index in [1.165, 1.54) is 13.0 Å². The molecule has 78 valence electrons. The third-order valence-corrected chi connectivity index (χ3v) is 2.42. The van der Waals surface area contributed by atoms with E-state index in [9.17, 15) is 5.11 Å². The van der Waals surface area contributed by atoms with Crippen LogP contribution in [-0.2, 0) is 0 Å². The standard InChI is InChI=1S/C10H22N2O/c1-10(2,13)9-12-6-4-5-11(3)7-8-12/h13H,4-9H2,1-3H3. The van der Waals surface area contributed by atoms with Crippen LogP contribution in [0.1, 0.15) is 20.3 Å². The van der Waals surface area contributed by atoms with Gasteiger partial charge in [-0.15, -0.1) is 0 Å². The van der Waals surface area contributed by atoms with E-state index < -0.39 is 5.60 Å². The Kier molecular flexibility index (Phi) is 3.71. The molecule has 3 nitrogen and oxygen atoms in total. The molecule has 1 rings (SSSR count). The second kappa shape index (κ2) is 4.40. The van der Waals surface area contributed by atoms with Gasteiger partial charge in [-0.05, 0) is 40.4 Å². The van der Waals surface area contributed by atoms with Gasteiger partial charge >= 0.3 is 0 Å². The second-order valence-corrected chi connectivity index (χ2v) is 4.75. The van der Waals surface area contributed by atoms with Crippen LogP contribution in [0.25, 0.3) is 0 Å². The molecule has 1 heterocycles. The van der Waals surface area contributed by atoms with Crippen LogP contribution >= 0.6 is 0 Å². The molecule has 0 aromatic heterocycles. The zero-order chi connectivity index (χ0) is 9.90. The van der Waals surface area contributed by atoms with Crippen LogP contribution < -0.4 is 0 Å². The Morgan fingerprint density at radius 3 is 2.46 bits per heavy atom. The van der Waals surface area contributed by atoms with Crippen LogP contribution in [0.4, 0.5) is 0 Å². The van der Waals surface area contributed by atoms with Gasteiger partial charge in [-0.3, -0.25) is 4.90 Å². The Hall–Kier alpha value is -0.120. The fourth-order valence-electron chi connectivity index (χ4n) is 1.81. The molecule has 0 aromatic carbocycles. The SMILES string of the molecule is CN1CCCN(CC(C)(C)O)CC1. The molecule has 1 saturated heterocycles. The summed E-state index contributed by atoms with van der Waals surface area (Å²) in [6.45, 7) is 9.05. The first kappa shape index (κ1) is 11.0. The first-order valence-corrected chi connectivity index (χ1v) is 5.11. The van der Waals surface area contributed by atoms with Crippen molar-refractivity contribution in [3.63, 3.8) is 0 Å². The average molecular weight is 186 g/mol. The van der Waals surface area contributed by atoms with E-state index >= 15 is 0 Å². The maximum atomic E-state index is 9.67. The van der Waals surface area contributed by atoms with E-state index in [1.807, 2.05) is 13.8 Å². The van der Waals surface area contributed by atoms with Gasteiger partial charge in [0, 0.05) is 19.6 Å². The highest BCUT2D eigenvalue weighted by Gasteiger charge is 2.19. The van der Waals surface area contributed by atoms with Crippen LogP contribution in [0.15, 0.2) is 0 Å². The molecule has 13 heavy (non-hydrogen) atoms. The van der Waals surface area contributed by atoms with Crippen molar-refractivity contribution in [2.45, 2.75) is 25.9 Å². The van der Waals surface area contributed by atoms with E-state index in [-0.39, 0.29) is 0 Å². The summed E-state index contributed by atoms with van der Waals surface area (Å²) in [7, 11) is 2.16. The van der Waals surface area contributed by atoms with Gasteiger partial charge < -0.3 is 10.0 Å². The molecule has 0 spiro atoms. The van der Waals surface area contributed by atoms with Crippen molar-refractivity contribution in [3.8, 4) is 0 Å². The molecule has 3 heteroatoms. The van der Waals surface area contributed by atoms with Gasteiger partial charge in [0.05, 0.1) is 5.60 Å². The molecule has 0 aromatic rings. The molecule has 0 aliphatic carbocycles. The lowest BCUT2D eigenvalue weighted by molar-refractivity contribution is 0.0377. The highest BCUT2D eigenvalue weighted by Crippen LogP contribution is 2.07. The van der Waals surface area contributed by atoms with Crippen LogP contribution in [0, 0.1) is 0 Å². The minimum Gasteiger partial charge on any atom is -0.389 e. The number of rotatable bonds is 2. The van der Waals surface area contributed by atoms with Crippen LogP contribution in [-0.4, -0.2) is 60.3 Å². The Labute approximate surface area is 81.3 Å². The van der Waals surface area contributed by atoms with Crippen LogP contribution in [0.2, 0.25) is 0 Å². The summed E-state index contributed by atoms with van der Waals surface area (Å²) in [5.41, 5.74) is -0.553. The van der Waals surface area contributed by atoms with Crippen molar-refractivity contribution in [2.75, 3.05) is 39.8 Å². The number of hydrogen-bond acceptors (Lipinski definition) is 3. The molecule has 0 radical (unpaired) electrons. The van der Waals surface area contributed by atoms with Crippen molar-refractivity contribution < 1.29 is 5.11 Å². The quantitative estimate of drug-likeness (QED) is 0.676. The molecule has 0 unspecified atom stereocenters. The fraction of sp³-hybridized carbons (Fsp3) is 1.00. The number of β-amino-alcohol motifs (C(OH)–C–C–N with tert-alkyl or cyclic N) is 1. The second-order valence-electron chi connectivity index (χ2n) is 4.75. The largest absolute Gasteiger partial charge is 0.389 e. The smallest absolute Gasteiger partial charge is 0.0718 e. The van der Waals surface area contributed by atoms with Crippen molar-refractivity contribution in [1.82, 2.24) is 9.80 Å². The Bertz CT molecular complexity index is 153. The summed E-state index contributed by atoms with van der Waals surface area (Å²) in [5.74, 6) is 0. The summed E-state index contributed by atoms with van der Waals surface area (Å²) in [5, 5.41) is 9.67. The van der Waals surface area contributed by atoms with Crippen molar-refractivity contribution >= 4 is 0 Å². The van der Waals surface area contributed by atoms with Gasteiger partial charge in [-0.1, -0.05) is 0 Å². The molecule has 0 bridgehead atoms. The predicted octanol–water partition coefficient (Wildman–Crippen LogP) is 0.395. The van der Waals surface area contributed by atoms with Crippen molar-refractivity contribution in [2.24, 2.45) is 0 Å². The third kappa shape index (κ3) is 4.60. The van der Waals surface area contributed by atoms with Crippen LogP contribution in [0.5, 0.6) is 0 Å². The van der Waals surface area contributed by atoms with Gasteiger partial charge in [0.25, 0.3) is 0 Å².